The number of aliphatic hydroxyl groups is 2. The van der Waals surface area contributed by atoms with Gasteiger partial charge in [0.1, 0.15) is 66.8 Å². The molecule has 4 rings (SSSR count). The topological polar surface area (TPSA) is 124 Å². The summed E-state index contributed by atoms with van der Waals surface area (Å²) in [7, 11) is 0. The van der Waals surface area contributed by atoms with Gasteiger partial charge in [-0.1, -0.05) is 11.6 Å². The van der Waals surface area contributed by atoms with E-state index in [-0.39, 0.29) is 73.4 Å². The normalized spacial score (nSPS) is 23.2. The van der Waals surface area contributed by atoms with E-state index >= 15 is 0 Å². The van der Waals surface area contributed by atoms with E-state index in [9.17, 15) is 13.9 Å². The lowest BCUT2D eigenvalue weighted by Gasteiger charge is -2.18. The molecule has 13 heteroatoms. The van der Waals surface area contributed by atoms with Crippen LogP contribution in [0.5, 0.6) is 11.6 Å². The zero-order chi connectivity index (χ0) is 24.9. The van der Waals surface area contributed by atoms with Crippen LogP contribution in [0.3, 0.4) is 0 Å². The SMILES string of the molecule is C=Nc1nc(OCc2c(F)cc(OCCO)cc2F)c(Cl)cc1NCO[C@@H]1CO[C@H]2[C@@H]1OC[C@H]2O. The van der Waals surface area contributed by atoms with Gasteiger partial charge in [-0.05, 0) is 12.8 Å². The fraction of sp³-hybridized carbons (Fsp3) is 0.455. The Balaban J connectivity index is 1.37. The average molecular weight is 516 g/mol. The van der Waals surface area contributed by atoms with Crippen LogP contribution in [0.2, 0.25) is 5.02 Å². The van der Waals surface area contributed by atoms with E-state index in [0.29, 0.717) is 5.69 Å². The maximum absolute atomic E-state index is 14.3. The molecule has 0 amide bonds. The van der Waals surface area contributed by atoms with Crippen molar-refractivity contribution in [2.24, 2.45) is 4.99 Å². The molecule has 1 aromatic heterocycles. The number of anilines is 1. The summed E-state index contributed by atoms with van der Waals surface area (Å²) >= 11 is 6.25. The zero-order valence-electron chi connectivity index (χ0n) is 18.5. The number of fused-ring (bicyclic) bond motifs is 1. The van der Waals surface area contributed by atoms with Crippen LogP contribution in [0, 0.1) is 11.6 Å². The second-order valence-corrected chi connectivity index (χ2v) is 8.13. The Labute approximate surface area is 204 Å². The molecule has 0 radical (unpaired) electrons. The minimum absolute atomic E-state index is 0.0402. The largest absolute Gasteiger partial charge is 0.491 e. The highest BCUT2D eigenvalue weighted by atomic mass is 35.5. The van der Waals surface area contributed by atoms with Crippen LogP contribution >= 0.6 is 11.6 Å². The van der Waals surface area contributed by atoms with Gasteiger partial charge in [0.2, 0.25) is 5.88 Å². The molecule has 2 aromatic rings. The predicted molar refractivity (Wildman–Crippen MR) is 121 cm³/mol. The number of nitrogens with one attached hydrogen (secondary N) is 1. The molecule has 2 fully saturated rings. The van der Waals surface area contributed by atoms with E-state index in [0.717, 1.165) is 12.1 Å². The summed E-state index contributed by atoms with van der Waals surface area (Å²) in [6, 6.07) is 3.45. The number of aliphatic imine (C=N–C) groups is 1. The summed E-state index contributed by atoms with van der Waals surface area (Å²) in [6.07, 6.45) is -1.79. The Morgan fingerprint density at radius 2 is 1.91 bits per heavy atom. The van der Waals surface area contributed by atoms with Crippen LogP contribution in [0.1, 0.15) is 5.56 Å². The van der Waals surface area contributed by atoms with Crippen molar-refractivity contribution in [3.05, 3.63) is 40.4 Å². The second-order valence-electron chi connectivity index (χ2n) is 7.72. The Bertz CT molecular complexity index is 1040. The van der Waals surface area contributed by atoms with Crippen LogP contribution in [0.25, 0.3) is 0 Å². The van der Waals surface area contributed by atoms with Crippen LogP contribution in [-0.4, -0.2) is 79.5 Å². The predicted octanol–water partition coefficient (Wildman–Crippen LogP) is 2.21. The number of hydrogen-bond donors (Lipinski definition) is 3. The van der Waals surface area contributed by atoms with Gasteiger partial charge in [-0.2, -0.15) is 4.98 Å². The summed E-state index contributed by atoms with van der Waals surface area (Å²) in [5.41, 5.74) is 0.0437. The number of pyridine rings is 1. The number of nitrogens with zero attached hydrogens (tertiary/aromatic N) is 2. The molecule has 3 heterocycles. The Hall–Kier alpha value is -2.61. The first-order chi connectivity index (χ1) is 16.9. The number of hydrogen-bond acceptors (Lipinski definition) is 10. The van der Waals surface area contributed by atoms with Gasteiger partial charge in [0.25, 0.3) is 0 Å². The fourth-order valence-corrected chi connectivity index (χ4v) is 3.94. The van der Waals surface area contributed by atoms with Crippen molar-refractivity contribution in [2.45, 2.75) is 31.0 Å². The smallest absolute Gasteiger partial charge is 0.235 e. The van der Waals surface area contributed by atoms with Crippen molar-refractivity contribution >= 4 is 29.8 Å². The molecule has 10 nitrogen and oxygen atoms in total. The number of aromatic nitrogens is 1. The number of benzene rings is 1. The molecule has 4 atom stereocenters. The minimum atomic E-state index is -0.886. The van der Waals surface area contributed by atoms with Gasteiger partial charge in [-0.25, -0.2) is 13.8 Å². The van der Waals surface area contributed by atoms with E-state index < -0.39 is 30.4 Å². The zero-order valence-corrected chi connectivity index (χ0v) is 19.2. The van der Waals surface area contributed by atoms with Crippen molar-refractivity contribution in [3.63, 3.8) is 0 Å². The summed E-state index contributed by atoms with van der Waals surface area (Å²) in [5.74, 6) is -1.79. The van der Waals surface area contributed by atoms with Crippen molar-refractivity contribution in [1.82, 2.24) is 4.98 Å². The highest BCUT2D eigenvalue weighted by Gasteiger charge is 2.47. The first kappa shape index (κ1) is 25.5. The molecule has 3 N–H and O–H groups in total. The number of rotatable bonds is 11. The molecule has 0 saturated carbocycles. The molecule has 0 bridgehead atoms. The molecule has 0 aliphatic carbocycles. The third kappa shape index (κ3) is 5.80. The van der Waals surface area contributed by atoms with Crippen molar-refractivity contribution in [1.29, 1.82) is 0 Å². The molecular formula is C22H24ClF2N3O7. The molecule has 0 unspecified atom stereocenters. The lowest BCUT2D eigenvalue weighted by atomic mass is 10.1. The van der Waals surface area contributed by atoms with Crippen LogP contribution in [0.4, 0.5) is 20.3 Å². The van der Waals surface area contributed by atoms with Crippen molar-refractivity contribution < 1.29 is 42.7 Å². The first-order valence-corrected chi connectivity index (χ1v) is 11.1. The summed E-state index contributed by atoms with van der Waals surface area (Å²) in [5, 5.41) is 21.6. The Kier molecular flexibility index (Phi) is 8.31. The lowest BCUT2D eigenvalue weighted by Crippen LogP contribution is -2.33. The quantitative estimate of drug-likeness (QED) is 0.305. The second kappa shape index (κ2) is 11.4. The monoisotopic (exact) mass is 515 g/mol. The molecule has 0 spiro atoms. The van der Waals surface area contributed by atoms with Gasteiger partial charge in [0.15, 0.2) is 5.82 Å². The molecule has 2 saturated heterocycles. The van der Waals surface area contributed by atoms with E-state index in [1.807, 2.05) is 0 Å². The maximum atomic E-state index is 14.3. The van der Waals surface area contributed by atoms with E-state index in [1.165, 1.54) is 6.07 Å². The average Bonchev–Trinajstić information content (AvgIpc) is 3.41. The fourth-order valence-electron chi connectivity index (χ4n) is 3.73. The summed E-state index contributed by atoms with van der Waals surface area (Å²) < 4.78 is 55.9. The van der Waals surface area contributed by atoms with Crippen molar-refractivity contribution in [2.75, 3.05) is 38.5 Å². The molecule has 2 aliphatic heterocycles. The Morgan fingerprint density at radius 3 is 2.63 bits per heavy atom. The molecular weight excluding hydrogens is 492 g/mol. The molecule has 1 aromatic carbocycles. The minimum Gasteiger partial charge on any atom is -0.491 e. The van der Waals surface area contributed by atoms with Crippen LogP contribution in [-0.2, 0) is 20.8 Å². The van der Waals surface area contributed by atoms with Gasteiger partial charge in [-0.15, -0.1) is 0 Å². The van der Waals surface area contributed by atoms with Gasteiger partial charge < -0.3 is 39.2 Å². The lowest BCUT2D eigenvalue weighted by molar-refractivity contribution is -0.0311. The van der Waals surface area contributed by atoms with E-state index in [4.69, 9.17) is 40.4 Å². The molecule has 190 valence electrons. The summed E-state index contributed by atoms with van der Waals surface area (Å²) in [6.45, 7) is 3.12. The van der Waals surface area contributed by atoms with Crippen LogP contribution in [0.15, 0.2) is 23.2 Å². The van der Waals surface area contributed by atoms with E-state index in [1.54, 1.807) is 0 Å². The van der Waals surface area contributed by atoms with Gasteiger partial charge in [0.05, 0.1) is 31.1 Å². The standard InChI is InChI=1S/C22H24ClF2N3O7/c1-26-21-16(27-10-35-18-9-33-19-17(30)8-32-20(18)19)6-13(23)22(28-21)34-7-12-14(24)4-11(5-15(12)25)31-3-2-29/h4-6,17-20,27,29-30H,1-3,7-10H2/t17-,18-,19-,20-/m1/s1. The number of halogens is 3. The van der Waals surface area contributed by atoms with Crippen molar-refractivity contribution in [3.8, 4) is 11.6 Å². The highest BCUT2D eigenvalue weighted by Crippen LogP contribution is 2.34. The highest BCUT2D eigenvalue weighted by molar-refractivity contribution is 6.32. The molecule has 2 aliphatic rings. The number of ether oxygens (including phenoxy) is 5. The van der Waals surface area contributed by atoms with Crippen LogP contribution < -0.4 is 14.8 Å². The Morgan fingerprint density at radius 1 is 1.17 bits per heavy atom. The third-order valence-corrected chi connectivity index (χ3v) is 5.71. The number of aliphatic hydroxyl groups excluding tert-OH is 2. The molecule has 35 heavy (non-hydrogen) atoms. The maximum Gasteiger partial charge on any atom is 0.235 e. The first-order valence-electron chi connectivity index (χ1n) is 10.7. The third-order valence-electron chi connectivity index (χ3n) is 5.44. The summed E-state index contributed by atoms with van der Waals surface area (Å²) in [4.78, 5) is 7.99. The van der Waals surface area contributed by atoms with Gasteiger partial charge >= 0.3 is 0 Å². The van der Waals surface area contributed by atoms with E-state index in [2.05, 4.69) is 22.0 Å². The van der Waals surface area contributed by atoms with Gasteiger partial charge in [-0.3, -0.25) is 0 Å². The van der Waals surface area contributed by atoms with Gasteiger partial charge in [0, 0.05) is 12.1 Å².